The van der Waals surface area contributed by atoms with Gasteiger partial charge in [-0.25, -0.2) is 43.6 Å². The van der Waals surface area contributed by atoms with Crippen LogP contribution in [0.3, 0.4) is 0 Å². The summed E-state index contributed by atoms with van der Waals surface area (Å²) < 4.78 is 138. The average Bonchev–Trinajstić information content (AvgIpc) is 3.64. The molecule has 2 heterocycles. The first-order chi connectivity index (χ1) is 38.0. The number of benzene rings is 6. The van der Waals surface area contributed by atoms with E-state index in [4.69, 9.17) is 23.7 Å². The standard InChI is InChI=1S/C28H29N3O8S2.C26H25N3O8S2/c1-5-39-27(32)19-31(41(35,36)23-16-12-21(38-4)13-17-23)26-18-29-28(25-9-7-6-8-24(25)26)30(2)40(33,34)22-14-10-20(37-3)11-15-22;1-28(38(32,33)20-12-8-18(36-2)9-13-20)26-23-7-5-4-6-22(23)24(16-27-26)29(17-25(30)31)39(34,35)21-14-10-19(37-3)11-15-21/h6-18H,5,19H2,1-4H3;4-16H,17H2,1-3H3,(H,30,31). The Morgan fingerprint density at radius 1 is 0.438 bits per heavy atom. The zero-order chi connectivity index (χ0) is 58.2. The monoisotopic (exact) mass is 1170 g/mol. The van der Waals surface area contributed by atoms with E-state index in [0.717, 1.165) is 23.4 Å². The lowest BCUT2D eigenvalue weighted by Crippen LogP contribution is -2.37. The van der Waals surface area contributed by atoms with E-state index in [9.17, 15) is 48.4 Å². The quantitative estimate of drug-likeness (QED) is 0.0697. The van der Waals surface area contributed by atoms with Crippen LogP contribution in [0.1, 0.15) is 6.92 Å². The Kier molecular flexibility index (Phi) is 18.1. The first-order valence-corrected chi connectivity index (χ1v) is 29.5. The highest BCUT2D eigenvalue weighted by molar-refractivity contribution is 7.93. The van der Waals surface area contributed by atoms with E-state index >= 15 is 0 Å². The topological polar surface area (TPSA) is 276 Å². The molecule has 6 aromatic carbocycles. The van der Waals surface area contributed by atoms with Crippen LogP contribution in [0.2, 0.25) is 0 Å². The van der Waals surface area contributed by atoms with Crippen LogP contribution in [0, 0.1) is 0 Å². The molecule has 0 atom stereocenters. The lowest BCUT2D eigenvalue weighted by atomic mass is 10.1. The summed E-state index contributed by atoms with van der Waals surface area (Å²) in [6.45, 7) is 0.152. The molecule has 0 fully saturated rings. The molecule has 8 rings (SSSR count). The average molecular weight is 1170 g/mol. The number of fused-ring (bicyclic) bond motifs is 2. The van der Waals surface area contributed by atoms with Crippen molar-refractivity contribution in [1.29, 1.82) is 0 Å². The molecular weight excluding hydrogens is 1120 g/mol. The fourth-order valence-electron chi connectivity index (χ4n) is 8.06. The van der Waals surface area contributed by atoms with E-state index in [1.54, 1.807) is 55.5 Å². The van der Waals surface area contributed by atoms with Gasteiger partial charge in [0.05, 0.1) is 78.4 Å². The number of nitrogens with zero attached hydrogens (tertiary/aromatic N) is 6. The maximum absolute atomic E-state index is 13.9. The fraction of sp³-hybridized carbons (Fsp3) is 0.185. The van der Waals surface area contributed by atoms with Crippen molar-refractivity contribution in [3.63, 3.8) is 0 Å². The zero-order valence-electron chi connectivity index (χ0n) is 44.0. The number of anilines is 4. The lowest BCUT2D eigenvalue weighted by Gasteiger charge is -2.26. The minimum atomic E-state index is -4.36. The number of aliphatic carboxylic acids is 1. The maximum atomic E-state index is 13.9. The van der Waals surface area contributed by atoms with Gasteiger partial charge in [-0.05, 0) is 104 Å². The SMILES string of the molecule is CCOC(=O)CN(c1cnc(N(C)S(=O)(=O)c2ccc(OC)cc2)c2ccccc12)S(=O)(=O)c1ccc(OC)cc1.COc1ccc(S(=O)(=O)N(C)c2ncc(N(CC(=O)O)S(=O)(=O)c3ccc(OC)cc3)c3ccccc23)cc1. The van der Waals surface area contributed by atoms with Crippen molar-refractivity contribution >= 4 is 96.6 Å². The van der Waals surface area contributed by atoms with Crippen molar-refractivity contribution in [1.82, 2.24) is 9.97 Å². The molecule has 0 amide bonds. The van der Waals surface area contributed by atoms with Crippen LogP contribution in [0.15, 0.2) is 178 Å². The zero-order valence-corrected chi connectivity index (χ0v) is 47.3. The molecule has 22 nitrogen and oxygen atoms in total. The highest BCUT2D eigenvalue weighted by atomic mass is 32.2. The molecule has 0 saturated carbocycles. The molecule has 0 aliphatic rings. The smallest absolute Gasteiger partial charge is 0.326 e. The fourth-order valence-corrected chi connectivity index (χ4v) is 13.2. The molecule has 8 aromatic rings. The number of carboxylic acid groups (broad SMARTS) is 1. The third-order valence-electron chi connectivity index (χ3n) is 12.2. The molecule has 80 heavy (non-hydrogen) atoms. The summed E-state index contributed by atoms with van der Waals surface area (Å²) in [6, 6.07) is 36.0. The van der Waals surface area contributed by atoms with Gasteiger partial charge < -0.3 is 28.8 Å². The molecular formula is C54H54N6O16S4. The number of hydrogen-bond donors (Lipinski definition) is 1. The molecule has 0 radical (unpaired) electrons. The normalized spacial score (nSPS) is 11.6. The number of aromatic nitrogens is 2. The number of esters is 1. The molecule has 0 spiro atoms. The van der Waals surface area contributed by atoms with Gasteiger partial charge in [0, 0.05) is 35.6 Å². The number of hydrogen-bond acceptors (Lipinski definition) is 17. The van der Waals surface area contributed by atoms with Gasteiger partial charge in [0.2, 0.25) is 0 Å². The minimum absolute atomic E-state index is 0.00431. The number of ether oxygens (including phenoxy) is 5. The Hall–Kier alpha value is -8.72. The number of pyridine rings is 2. The predicted octanol–water partition coefficient (Wildman–Crippen LogP) is 7.19. The van der Waals surface area contributed by atoms with Crippen LogP contribution in [0.5, 0.6) is 23.0 Å². The second-order valence-corrected chi connectivity index (χ2v) is 24.6. The van der Waals surface area contributed by atoms with Gasteiger partial charge in [0.15, 0.2) is 0 Å². The number of carbonyl (C=O) groups is 2. The second kappa shape index (κ2) is 24.5. The summed E-state index contributed by atoms with van der Waals surface area (Å²) in [4.78, 5) is 32.8. The molecule has 420 valence electrons. The van der Waals surface area contributed by atoms with Crippen molar-refractivity contribution < 1.29 is 72.1 Å². The van der Waals surface area contributed by atoms with Crippen LogP contribution in [-0.2, 0) is 54.4 Å². The summed E-state index contributed by atoms with van der Waals surface area (Å²) in [6.07, 6.45) is 2.39. The van der Waals surface area contributed by atoms with E-state index in [1.165, 1.54) is 146 Å². The van der Waals surface area contributed by atoms with Crippen LogP contribution < -0.4 is 36.2 Å². The van der Waals surface area contributed by atoms with Crippen LogP contribution in [0.4, 0.5) is 23.0 Å². The van der Waals surface area contributed by atoms with Crippen molar-refractivity contribution in [2.75, 3.05) is 79.5 Å². The number of methoxy groups -OCH3 is 4. The Bertz CT molecular complexity index is 4010. The van der Waals surface area contributed by atoms with Crippen LogP contribution >= 0.6 is 0 Å². The minimum Gasteiger partial charge on any atom is -0.497 e. The predicted molar refractivity (Wildman–Crippen MR) is 300 cm³/mol. The Labute approximate surface area is 463 Å². The molecule has 26 heteroatoms. The van der Waals surface area contributed by atoms with Gasteiger partial charge in [-0.3, -0.25) is 26.8 Å². The number of carbonyl (C=O) groups excluding carboxylic acids is 1. The summed E-state index contributed by atoms with van der Waals surface area (Å²) >= 11 is 0. The van der Waals surface area contributed by atoms with Gasteiger partial charge in [-0.1, -0.05) is 48.5 Å². The Morgan fingerprint density at radius 3 is 1.01 bits per heavy atom. The maximum Gasteiger partial charge on any atom is 0.326 e. The summed E-state index contributed by atoms with van der Waals surface area (Å²) in [5.41, 5.74) is 0.0475. The number of rotatable bonds is 21. The number of carboxylic acids is 1. The lowest BCUT2D eigenvalue weighted by molar-refractivity contribution is -0.141. The van der Waals surface area contributed by atoms with E-state index in [2.05, 4.69) is 9.97 Å². The largest absolute Gasteiger partial charge is 0.497 e. The van der Waals surface area contributed by atoms with Crippen LogP contribution in [-0.4, -0.2) is 123 Å². The molecule has 0 unspecified atom stereocenters. The molecule has 0 aliphatic heterocycles. The van der Waals surface area contributed by atoms with Gasteiger partial charge in [0.25, 0.3) is 40.1 Å². The van der Waals surface area contributed by atoms with Gasteiger partial charge in [-0.2, -0.15) is 0 Å². The molecule has 2 aromatic heterocycles. The third kappa shape index (κ3) is 12.3. The van der Waals surface area contributed by atoms with Crippen molar-refractivity contribution in [3.05, 3.63) is 158 Å². The molecule has 0 bridgehead atoms. The highest BCUT2D eigenvalue weighted by Crippen LogP contribution is 2.39. The first kappa shape index (κ1) is 59.0. The highest BCUT2D eigenvalue weighted by Gasteiger charge is 2.34. The van der Waals surface area contributed by atoms with Gasteiger partial charge in [-0.15, -0.1) is 0 Å². The second-order valence-electron chi connectivity index (χ2n) is 16.9. The first-order valence-electron chi connectivity index (χ1n) is 23.8. The molecule has 0 aliphatic carbocycles. The van der Waals surface area contributed by atoms with Gasteiger partial charge in [0.1, 0.15) is 47.7 Å². The third-order valence-corrected chi connectivity index (χ3v) is 19.3. The van der Waals surface area contributed by atoms with Crippen molar-refractivity contribution in [3.8, 4) is 23.0 Å². The summed E-state index contributed by atoms with van der Waals surface area (Å²) in [5.74, 6) is -0.188. The van der Waals surface area contributed by atoms with E-state index in [0.29, 0.717) is 39.2 Å². The molecule has 1 N–H and O–H groups in total. The summed E-state index contributed by atoms with van der Waals surface area (Å²) in [5, 5.41) is 10.9. The van der Waals surface area contributed by atoms with E-state index < -0.39 is 65.1 Å². The van der Waals surface area contributed by atoms with Crippen molar-refractivity contribution in [2.24, 2.45) is 0 Å². The van der Waals surface area contributed by atoms with Gasteiger partial charge >= 0.3 is 11.9 Å². The Morgan fingerprint density at radius 2 is 0.725 bits per heavy atom. The number of sulfonamides is 4. The van der Waals surface area contributed by atoms with E-state index in [-0.39, 0.29) is 54.6 Å². The Balaban J connectivity index is 0.000000231. The summed E-state index contributed by atoms with van der Waals surface area (Å²) in [7, 11) is -8.24. The van der Waals surface area contributed by atoms with Crippen LogP contribution in [0.25, 0.3) is 21.5 Å². The molecule has 0 saturated heterocycles. The van der Waals surface area contributed by atoms with E-state index in [1.807, 2.05) is 0 Å². The van der Waals surface area contributed by atoms with Crippen molar-refractivity contribution in [2.45, 2.75) is 26.5 Å².